The molecule has 104 valence electrons. The van der Waals surface area contributed by atoms with Gasteiger partial charge in [0.15, 0.2) is 0 Å². The average molecular weight is 313 g/mol. The average Bonchev–Trinajstić information content (AvgIpc) is 3.11. The second-order valence-corrected chi connectivity index (χ2v) is 5.04. The van der Waals surface area contributed by atoms with Gasteiger partial charge in [0.05, 0.1) is 5.02 Å². The minimum absolute atomic E-state index is 0.00973. The van der Waals surface area contributed by atoms with Gasteiger partial charge in [-0.15, -0.1) is 0 Å². The van der Waals surface area contributed by atoms with Crippen LogP contribution >= 0.6 is 23.2 Å². The maximum atomic E-state index is 12.5. The van der Waals surface area contributed by atoms with Crippen LogP contribution < -0.4 is 0 Å². The molecular weight excluding hydrogens is 304 g/mol. The number of rotatable bonds is 3. The molecule has 1 aliphatic carbocycles. The molecule has 1 heterocycles. The Morgan fingerprint density at radius 1 is 1.37 bits per heavy atom. The summed E-state index contributed by atoms with van der Waals surface area (Å²) in [6.45, 7) is -1.30. The summed E-state index contributed by atoms with van der Waals surface area (Å²) in [6, 6.07) is 2.31. The number of aromatic nitrogens is 1. The van der Waals surface area contributed by atoms with E-state index in [4.69, 9.17) is 23.2 Å². The maximum Gasteiger partial charge on any atom is 0.406 e. The van der Waals surface area contributed by atoms with Crippen molar-refractivity contribution in [2.75, 3.05) is 6.54 Å². The van der Waals surface area contributed by atoms with Gasteiger partial charge in [-0.3, -0.25) is 4.79 Å². The van der Waals surface area contributed by atoms with Crippen LogP contribution in [0, 0.1) is 0 Å². The SMILES string of the molecule is O=C(c1nc(Cl)ccc1Cl)N(CC(F)(F)F)C1CC1. The lowest BCUT2D eigenvalue weighted by molar-refractivity contribution is -0.141. The normalized spacial score (nSPS) is 15.4. The number of nitrogens with zero attached hydrogens (tertiary/aromatic N) is 2. The van der Waals surface area contributed by atoms with Crippen LogP contribution in [0.15, 0.2) is 12.1 Å². The van der Waals surface area contributed by atoms with Crippen molar-refractivity contribution in [2.24, 2.45) is 0 Å². The van der Waals surface area contributed by atoms with Gasteiger partial charge < -0.3 is 4.90 Å². The number of alkyl halides is 3. The summed E-state index contributed by atoms with van der Waals surface area (Å²) in [4.78, 5) is 16.6. The lowest BCUT2D eigenvalue weighted by Crippen LogP contribution is -2.41. The van der Waals surface area contributed by atoms with Crippen molar-refractivity contribution in [3.05, 3.63) is 28.0 Å². The van der Waals surface area contributed by atoms with Gasteiger partial charge in [-0.25, -0.2) is 4.98 Å². The molecule has 0 atom stereocenters. The lowest BCUT2D eigenvalue weighted by atomic mass is 10.3. The highest BCUT2D eigenvalue weighted by Crippen LogP contribution is 2.32. The van der Waals surface area contributed by atoms with Gasteiger partial charge in [0.2, 0.25) is 0 Å². The molecule has 0 saturated heterocycles. The highest BCUT2D eigenvalue weighted by Gasteiger charge is 2.41. The van der Waals surface area contributed by atoms with E-state index in [9.17, 15) is 18.0 Å². The molecule has 19 heavy (non-hydrogen) atoms. The first kappa shape index (κ1) is 14.4. The highest BCUT2D eigenvalue weighted by molar-refractivity contribution is 6.34. The van der Waals surface area contributed by atoms with Crippen LogP contribution in [0.5, 0.6) is 0 Å². The Morgan fingerprint density at radius 2 is 2.00 bits per heavy atom. The molecular formula is C11H9Cl2F3N2O. The van der Waals surface area contributed by atoms with Crippen LogP contribution in [-0.4, -0.2) is 34.6 Å². The predicted octanol–water partition coefficient (Wildman–Crippen LogP) is 3.56. The van der Waals surface area contributed by atoms with Crippen LogP contribution in [0.3, 0.4) is 0 Å². The Kier molecular flexibility index (Phi) is 3.92. The highest BCUT2D eigenvalue weighted by atomic mass is 35.5. The fourth-order valence-electron chi connectivity index (χ4n) is 1.65. The molecule has 0 N–H and O–H groups in total. The van der Waals surface area contributed by atoms with E-state index >= 15 is 0 Å². The van der Waals surface area contributed by atoms with Crippen molar-refractivity contribution in [1.82, 2.24) is 9.88 Å². The van der Waals surface area contributed by atoms with Crippen molar-refractivity contribution in [1.29, 1.82) is 0 Å². The Morgan fingerprint density at radius 3 is 2.53 bits per heavy atom. The van der Waals surface area contributed by atoms with E-state index in [0.29, 0.717) is 12.8 Å². The standard InChI is InChI=1S/C11H9Cl2F3N2O/c12-7-3-4-8(13)17-9(7)10(19)18(6-1-2-6)5-11(14,15)16/h3-4,6H,1-2,5H2. The third-order valence-electron chi connectivity index (χ3n) is 2.61. The van der Waals surface area contributed by atoms with Crippen LogP contribution in [0.4, 0.5) is 13.2 Å². The quantitative estimate of drug-likeness (QED) is 0.800. The second-order valence-electron chi connectivity index (χ2n) is 4.24. The molecule has 0 aromatic carbocycles. The zero-order valence-electron chi connectivity index (χ0n) is 9.55. The molecule has 1 aromatic heterocycles. The summed E-state index contributed by atoms with van der Waals surface area (Å²) in [5.41, 5.74) is -0.245. The van der Waals surface area contributed by atoms with Crippen molar-refractivity contribution in [3.8, 4) is 0 Å². The van der Waals surface area contributed by atoms with Crippen molar-refractivity contribution < 1.29 is 18.0 Å². The van der Waals surface area contributed by atoms with Gasteiger partial charge in [-0.05, 0) is 25.0 Å². The van der Waals surface area contributed by atoms with Gasteiger partial charge >= 0.3 is 6.18 Å². The van der Waals surface area contributed by atoms with E-state index in [0.717, 1.165) is 4.90 Å². The lowest BCUT2D eigenvalue weighted by Gasteiger charge is -2.23. The molecule has 1 aromatic rings. The third-order valence-corrected chi connectivity index (χ3v) is 3.13. The Balaban J connectivity index is 2.26. The van der Waals surface area contributed by atoms with E-state index in [-0.39, 0.29) is 15.9 Å². The minimum Gasteiger partial charge on any atom is -0.325 e. The molecule has 0 radical (unpaired) electrons. The molecule has 1 aliphatic rings. The summed E-state index contributed by atoms with van der Waals surface area (Å²) in [7, 11) is 0. The summed E-state index contributed by atoms with van der Waals surface area (Å²) < 4.78 is 37.4. The van der Waals surface area contributed by atoms with E-state index in [1.54, 1.807) is 0 Å². The second kappa shape index (κ2) is 5.17. The topological polar surface area (TPSA) is 33.2 Å². The number of carbonyl (C=O) groups excluding carboxylic acids is 1. The summed E-state index contributed by atoms with van der Waals surface area (Å²) in [5, 5.41) is -0.00210. The number of carbonyl (C=O) groups is 1. The van der Waals surface area contributed by atoms with Crippen molar-refractivity contribution in [2.45, 2.75) is 25.1 Å². The van der Waals surface area contributed by atoms with Crippen LogP contribution in [0.25, 0.3) is 0 Å². The maximum absolute atomic E-state index is 12.5. The zero-order valence-corrected chi connectivity index (χ0v) is 11.1. The van der Waals surface area contributed by atoms with Gasteiger partial charge in [-0.1, -0.05) is 23.2 Å². The monoisotopic (exact) mass is 312 g/mol. The molecule has 1 amide bonds. The van der Waals surface area contributed by atoms with Crippen molar-refractivity contribution >= 4 is 29.1 Å². The molecule has 3 nitrogen and oxygen atoms in total. The zero-order chi connectivity index (χ0) is 14.2. The molecule has 1 fully saturated rings. The van der Waals surface area contributed by atoms with E-state index in [1.165, 1.54) is 12.1 Å². The smallest absolute Gasteiger partial charge is 0.325 e. The number of halogens is 5. The minimum atomic E-state index is -4.46. The largest absolute Gasteiger partial charge is 0.406 e. The summed E-state index contributed by atoms with van der Waals surface area (Å²) >= 11 is 11.4. The van der Waals surface area contributed by atoms with Gasteiger partial charge in [0.25, 0.3) is 5.91 Å². The summed E-state index contributed by atoms with van der Waals surface area (Å²) in [6.07, 6.45) is -3.34. The summed E-state index contributed by atoms with van der Waals surface area (Å²) in [5.74, 6) is -0.840. The number of pyridine rings is 1. The Bertz CT molecular complexity index is 503. The molecule has 0 bridgehead atoms. The van der Waals surface area contributed by atoms with Gasteiger partial charge in [0, 0.05) is 6.04 Å². The molecule has 2 rings (SSSR count). The number of amides is 1. The molecule has 0 spiro atoms. The van der Waals surface area contributed by atoms with Crippen molar-refractivity contribution in [3.63, 3.8) is 0 Å². The first-order chi connectivity index (χ1) is 8.78. The van der Waals surface area contributed by atoms with Crippen LogP contribution in [0.2, 0.25) is 10.2 Å². The first-order valence-electron chi connectivity index (χ1n) is 5.48. The van der Waals surface area contributed by atoms with E-state index in [2.05, 4.69) is 4.98 Å². The Labute approximate surface area is 117 Å². The third kappa shape index (κ3) is 3.73. The first-order valence-corrected chi connectivity index (χ1v) is 6.23. The van der Waals surface area contributed by atoms with Crippen LogP contribution in [0.1, 0.15) is 23.3 Å². The molecule has 0 aliphatic heterocycles. The number of hydrogen-bond donors (Lipinski definition) is 0. The van der Waals surface area contributed by atoms with E-state index < -0.39 is 24.7 Å². The number of hydrogen-bond acceptors (Lipinski definition) is 2. The van der Waals surface area contributed by atoms with Gasteiger partial charge in [0.1, 0.15) is 17.4 Å². The molecule has 1 saturated carbocycles. The van der Waals surface area contributed by atoms with Gasteiger partial charge in [-0.2, -0.15) is 13.2 Å². The fraction of sp³-hybridized carbons (Fsp3) is 0.455. The predicted molar refractivity (Wildman–Crippen MR) is 64.4 cm³/mol. The van der Waals surface area contributed by atoms with E-state index in [1.807, 2.05) is 0 Å². The molecule has 0 unspecified atom stereocenters. The van der Waals surface area contributed by atoms with Crippen LogP contribution in [-0.2, 0) is 0 Å². The Hall–Kier alpha value is -1.01. The molecule has 8 heteroatoms. The fourth-order valence-corrected chi connectivity index (χ4v) is 1.98.